The lowest BCUT2D eigenvalue weighted by molar-refractivity contribution is -0.123. The van der Waals surface area contributed by atoms with Gasteiger partial charge < -0.3 is 14.8 Å². The van der Waals surface area contributed by atoms with Gasteiger partial charge in [0.05, 0.1) is 21.9 Å². The Balaban J connectivity index is 1.56. The van der Waals surface area contributed by atoms with Crippen molar-refractivity contribution in [2.24, 2.45) is 13.0 Å². The quantitative estimate of drug-likeness (QED) is 0.887. The first-order chi connectivity index (χ1) is 12.0. The average Bonchev–Trinajstić information content (AvgIpc) is 3.01. The fourth-order valence-electron chi connectivity index (χ4n) is 3.36. The predicted octanol–water partition coefficient (Wildman–Crippen LogP) is 2.27. The minimum absolute atomic E-state index is 0.0132. The Bertz CT molecular complexity index is 813. The SMILES string of the molecule is Cn1ccnc1[C@@H]1CN(C(=O)c2csc(Cl)c2)C[C@H]1NC(=O)C1CC1. The highest BCUT2D eigenvalue weighted by Gasteiger charge is 2.41. The number of imidazole rings is 1. The Morgan fingerprint density at radius 2 is 2.16 bits per heavy atom. The fourth-order valence-corrected chi connectivity index (χ4v) is 4.22. The van der Waals surface area contributed by atoms with E-state index in [2.05, 4.69) is 10.3 Å². The number of aromatic nitrogens is 2. The maximum atomic E-state index is 12.8. The zero-order chi connectivity index (χ0) is 17.6. The number of thiophene rings is 1. The van der Waals surface area contributed by atoms with Crippen LogP contribution in [0.3, 0.4) is 0 Å². The molecule has 1 aliphatic carbocycles. The van der Waals surface area contributed by atoms with Crippen molar-refractivity contribution in [2.45, 2.75) is 24.8 Å². The summed E-state index contributed by atoms with van der Waals surface area (Å²) in [5.41, 5.74) is 0.600. The molecule has 2 fully saturated rings. The van der Waals surface area contributed by atoms with Crippen molar-refractivity contribution in [1.29, 1.82) is 0 Å². The Morgan fingerprint density at radius 1 is 1.36 bits per heavy atom. The molecule has 0 spiro atoms. The topological polar surface area (TPSA) is 67.2 Å². The third-order valence-corrected chi connectivity index (χ3v) is 5.98. The number of aryl methyl sites for hydroxylation is 1. The molecule has 8 heteroatoms. The first-order valence-electron chi connectivity index (χ1n) is 8.34. The smallest absolute Gasteiger partial charge is 0.254 e. The molecule has 0 aromatic carbocycles. The van der Waals surface area contributed by atoms with Crippen molar-refractivity contribution >= 4 is 34.8 Å². The molecule has 4 rings (SSSR count). The number of hydrogen-bond acceptors (Lipinski definition) is 4. The molecule has 1 saturated carbocycles. The van der Waals surface area contributed by atoms with Gasteiger partial charge in [-0.15, -0.1) is 11.3 Å². The van der Waals surface area contributed by atoms with Crippen LogP contribution in [0.15, 0.2) is 23.8 Å². The minimum atomic E-state index is -0.118. The van der Waals surface area contributed by atoms with Crippen LogP contribution in [0.4, 0.5) is 0 Å². The number of hydrogen-bond donors (Lipinski definition) is 1. The zero-order valence-electron chi connectivity index (χ0n) is 13.8. The summed E-state index contributed by atoms with van der Waals surface area (Å²) in [6.07, 6.45) is 5.56. The van der Waals surface area contributed by atoms with Gasteiger partial charge >= 0.3 is 0 Å². The lowest BCUT2D eigenvalue weighted by atomic mass is 10.0. The maximum absolute atomic E-state index is 12.8. The first-order valence-corrected chi connectivity index (χ1v) is 9.59. The van der Waals surface area contributed by atoms with Gasteiger partial charge in [-0.2, -0.15) is 0 Å². The fraction of sp³-hybridized carbons (Fsp3) is 0.471. The monoisotopic (exact) mass is 378 g/mol. The van der Waals surface area contributed by atoms with Crippen molar-refractivity contribution in [3.05, 3.63) is 39.6 Å². The van der Waals surface area contributed by atoms with Crippen LogP contribution in [-0.2, 0) is 11.8 Å². The van der Waals surface area contributed by atoms with E-state index in [-0.39, 0.29) is 29.7 Å². The second-order valence-corrected chi connectivity index (χ2v) is 8.28. The van der Waals surface area contributed by atoms with E-state index < -0.39 is 0 Å². The third kappa shape index (κ3) is 3.30. The van der Waals surface area contributed by atoms with E-state index in [1.165, 1.54) is 11.3 Å². The molecule has 2 atom stereocenters. The second-order valence-electron chi connectivity index (χ2n) is 6.74. The molecular formula is C17H19ClN4O2S. The van der Waals surface area contributed by atoms with Gasteiger partial charge in [-0.05, 0) is 18.9 Å². The van der Waals surface area contributed by atoms with Gasteiger partial charge in [-0.3, -0.25) is 9.59 Å². The molecule has 2 aromatic rings. The van der Waals surface area contributed by atoms with Gasteiger partial charge in [0.2, 0.25) is 5.91 Å². The van der Waals surface area contributed by atoms with E-state index >= 15 is 0 Å². The van der Waals surface area contributed by atoms with Crippen molar-refractivity contribution in [3.8, 4) is 0 Å². The lowest BCUT2D eigenvalue weighted by Crippen LogP contribution is -2.41. The predicted molar refractivity (Wildman–Crippen MR) is 95.8 cm³/mol. The van der Waals surface area contributed by atoms with Crippen LogP contribution < -0.4 is 5.32 Å². The van der Waals surface area contributed by atoms with E-state index in [1.807, 2.05) is 17.8 Å². The number of carbonyl (C=O) groups excluding carboxylic acids is 2. The summed E-state index contributed by atoms with van der Waals surface area (Å²) in [6.45, 7) is 1.02. The van der Waals surface area contributed by atoms with Gasteiger partial charge in [0.1, 0.15) is 5.82 Å². The van der Waals surface area contributed by atoms with E-state index in [1.54, 1.807) is 22.5 Å². The Morgan fingerprint density at radius 3 is 2.76 bits per heavy atom. The summed E-state index contributed by atoms with van der Waals surface area (Å²) in [6, 6.07) is 1.58. The van der Waals surface area contributed by atoms with Crippen molar-refractivity contribution in [1.82, 2.24) is 19.8 Å². The Labute approximate surface area is 154 Å². The van der Waals surface area contributed by atoms with Crippen LogP contribution in [0.25, 0.3) is 0 Å². The molecule has 2 aromatic heterocycles. The summed E-state index contributed by atoms with van der Waals surface area (Å²) in [4.78, 5) is 31.3. The summed E-state index contributed by atoms with van der Waals surface area (Å²) >= 11 is 7.31. The van der Waals surface area contributed by atoms with Crippen LogP contribution in [0.1, 0.15) is 34.9 Å². The van der Waals surface area contributed by atoms with Crippen LogP contribution in [0.5, 0.6) is 0 Å². The minimum Gasteiger partial charge on any atom is -0.351 e. The van der Waals surface area contributed by atoms with Gasteiger partial charge in [0.25, 0.3) is 5.91 Å². The molecule has 2 aliphatic rings. The van der Waals surface area contributed by atoms with Crippen molar-refractivity contribution in [3.63, 3.8) is 0 Å². The number of nitrogens with one attached hydrogen (secondary N) is 1. The van der Waals surface area contributed by atoms with E-state index in [0.717, 1.165) is 18.7 Å². The number of rotatable bonds is 4. The van der Waals surface area contributed by atoms with Gasteiger partial charge in [0, 0.05) is 43.8 Å². The third-order valence-electron chi connectivity index (χ3n) is 4.89. The van der Waals surface area contributed by atoms with Crippen molar-refractivity contribution < 1.29 is 9.59 Å². The normalized spacial score (nSPS) is 23.0. The van der Waals surface area contributed by atoms with Gasteiger partial charge in [-0.25, -0.2) is 4.98 Å². The molecule has 1 N–H and O–H groups in total. The molecule has 3 heterocycles. The molecule has 6 nitrogen and oxygen atoms in total. The molecule has 1 aliphatic heterocycles. The molecule has 2 amide bonds. The standard InChI is InChI=1S/C17H19ClN4O2S/c1-21-5-4-19-15(21)12-7-22(17(24)11-6-14(18)25-9-11)8-13(12)20-16(23)10-2-3-10/h4-6,9-10,12-13H,2-3,7-8H2,1H3,(H,20,23)/t12-,13-/m1/s1. The molecule has 1 saturated heterocycles. The van der Waals surface area contributed by atoms with E-state index in [9.17, 15) is 9.59 Å². The Hall–Kier alpha value is -1.86. The van der Waals surface area contributed by atoms with Gasteiger partial charge in [-0.1, -0.05) is 11.6 Å². The summed E-state index contributed by atoms with van der Waals surface area (Å²) in [7, 11) is 1.94. The lowest BCUT2D eigenvalue weighted by Gasteiger charge is -2.19. The number of halogens is 1. The van der Waals surface area contributed by atoms with Crippen LogP contribution in [0.2, 0.25) is 4.34 Å². The van der Waals surface area contributed by atoms with E-state index in [0.29, 0.717) is 23.0 Å². The highest BCUT2D eigenvalue weighted by molar-refractivity contribution is 7.14. The van der Waals surface area contributed by atoms with E-state index in [4.69, 9.17) is 11.6 Å². The zero-order valence-corrected chi connectivity index (χ0v) is 15.4. The number of likely N-dealkylation sites (tertiary alicyclic amines) is 1. The number of nitrogens with zero attached hydrogens (tertiary/aromatic N) is 3. The summed E-state index contributed by atoms with van der Waals surface area (Å²) < 4.78 is 2.55. The first kappa shape index (κ1) is 16.6. The van der Waals surface area contributed by atoms with Crippen LogP contribution in [0, 0.1) is 5.92 Å². The number of carbonyl (C=O) groups is 2. The largest absolute Gasteiger partial charge is 0.351 e. The second kappa shape index (κ2) is 6.46. The summed E-state index contributed by atoms with van der Waals surface area (Å²) in [5.74, 6) is 1.06. The summed E-state index contributed by atoms with van der Waals surface area (Å²) in [5, 5.41) is 4.91. The van der Waals surface area contributed by atoms with Crippen molar-refractivity contribution in [2.75, 3.05) is 13.1 Å². The highest BCUT2D eigenvalue weighted by atomic mass is 35.5. The molecular weight excluding hydrogens is 360 g/mol. The molecule has 132 valence electrons. The molecule has 0 bridgehead atoms. The Kier molecular flexibility index (Phi) is 4.29. The number of amides is 2. The van der Waals surface area contributed by atoms with Gasteiger partial charge in [0.15, 0.2) is 0 Å². The molecule has 0 unspecified atom stereocenters. The average molecular weight is 379 g/mol. The van der Waals surface area contributed by atoms with Crippen LogP contribution in [-0.4, -0.2) is 45.4 Å². The molecule has 0 radical (unpaired) electrons. The highest BCUT2D eigenvalue weighted by Crippen LogP contribution is 2.32. The maximum Gasteiger partial charge on any atom is 0.254 e. The molecule has 25 heavy (non-hydrogen) atoms. The van der Waals surface area contributed by atoms with Crippen LogP contribution >= 0.6 is 22.9 Å².